The molecule has 0 radical (unpaired) electrons. The van der Waals surface area contributed by atoms with Crippen LogP contribution in [0.3, 0.4) is 0 Å². The summed E-state index contributed by atoms with van der Waals surface area (Å²) in [5, 5.41) is 3.66. The first-order valence-electron chi connectivity index (χ1n) is 6.62. The molecule has 17 heavy (non-hydrogen) atoms. The topological polar surface area (TPSA) is 21.3 Å². The molecule has 0 bridgehead atoms. The van der Waals surface area contributed by atoms with Crippen LogP contribution in [0, 0.1) is 6.92 Å². The molecule has 0 aromatic heterocycles. The van der Waals surface area contributed by atoms with Crippen molar-refractivity contribution in [3.63, 3.8) is 0 Å². The van der Waals surface area contributed by atoms with Crippen LogP contribution in [0.2, 0.25) is 0 Å². The third kappa shape index (κ3) is 3.01. The number of nitrogens with one attached hydrogen (secondary N) is 1. The zero-order valence-electron chi connectivity index (χ0n) is 11.1. The third-order valence-electron chi connectivity index (χ3n) is 3.58. The zero-order valence-corrected chi connectivity index (χ0v) is 11.1. The van der Waals surface area contributed by atoms with Gasteiger partial charge in [-0.05, 0) is 42.9 Å². The lowest BCUT2D eigenvalue weighted by molar-refractivity contribution is 0.0904. The lowest BCUT2D eigenvalue weighted by Crippen LogP contribution is -2.28. The molecule has 1 fully saturated rings. The van der Waals surface area contributed by atoms with E-state index in [1.807, 2.05) is 0 Å². The molecule has 2 heteroatoms. The summed E-state index contributed by atoms with van der Waals surface area (Å²) in [5.41, 5.74) is 4.14. The van der Waals surface area contributed by atoms with Crippen molar-refractivity contribution in [3.05, 3.63) is 29.3 Å². The molecule has 1 N–H and O–H groups in total. The molecule has 0 saturated carbocycles. The Morgan fingerprint density at radius 3 is 2.59 bits per heavy atom. The predicted octanol–water partition coefficient (Wildman–Crippen LogP) is 3.71. The van der Waals surface area contributed by atoms with Crippen LogP contribution in [0.4, 0.5) is 5.69 Å². The molecule has 1 saturated heterocycles. The minimum absolute atomic E-state index is 0.574. The summed E-state index contributed by atoms with van der Waals surface area (Å²) in [6.45, 7) is 8.50. The van der Waals surface area contributed by atoms with Crippen LogP contribution in [0.1, 0.15) is 43.7 Å². The second kappa shape index (κ2) is 5.54. The summed E-state index contributed by atoms with van der Waals surface area (Å²) < 4.78 is 5.39. The van der Waals surface area contributed by atoms with Crippen molar-refractivity contribution in [3.8, 4) is 0 Å². The van der Waals surface area contributed by atoms with Crippen LogP contribution in [0.15, 0.2) is 18.2 Å². The molecule has 0 atom stereocenters. The van der Waals surface area contributed by atoms with E-state index in [0.29, 0.717) is 12.0 Å². The maximum Gasteiger partial charge on any atom is 0.0485 e. The average molecular weight is 233 g/mol. The number of hydrogen-bond donors (Lipinski definition) is 1. The van der Waals surface area contributed by atoms with Gasteiger partial charge in [0.15, 0.2) is 0 Å². The fraction of sp³-hybridized carbons (Fsp3) is 0.600. The Kier molecular flexibility index (Phi) is 4.06. The van der Waals surface area contributed by atoms with Crippen molar-refractivity contribution in [2.45, 2.75) is 45.6 Å². The first-order valence-corrected chi connectivity index (χ1v) is 6.62. The highest BCUT2D eigenvalue weighted by atomic mass is 16.5. The molecule has 1 aromatic carbocycles. The first-order chi connectivity index (χ1) is 8.18. The molecule has 1 aliphatic heterocycles. The molecule has 0 unspecified atom stereocenters. The van der Waals surface area contributed by atoms with Crippen molar-refractivity contribution in [2.75, 3.05) is 18.5 Å². The highest BCUT2D eigenvalue weighted by Crippen LogP contribution is 2.26. The minimum Gasteiger partial charge on any atom is -0.382 e. The molecule has 2 nitrogen and oxygen atoms in total. The normalized spacial score (nSPS) is 17.4. The molecule has 94 valence electrons. The van der Waals surface area contributed by atoms with Gasteiger partial charge in [-0.3, -0.25) is 0 Å². The Morgan fingerprint density at radius 2 is 1.94 bits per heavy atom. The van der Waals surface area contributed by atoms with Crippen LogP contribution in [0.25, 0.3) is 0 Å². The number of ether oxygens (including phenoxy) is 1. The number of anilines is 1. The van der Waals surface area contributed by atoms with E-state index in [-0.39, 0.29) is 0 Å². The van der Waals surface area contributed by atoms with Gasteiger partial charge in [-0.25, -0.2) is 0 Å². The minimum atomic E-state index is 0.574. The van der Waals surface area contributed by atoms with Gasteiger partial charge >= 0.3 is 0 Å². The van der Waals surface area contributed by atoms with Gasteiger partial charge in [0.25, 0.3) is 0 Å². The van der Waals surface area contributed by atoms with Crippen molar-refractivity contribution in [2.24, 2.45) is 0 Å². The van der Waals surface area contributed by atoms with Crippen LogP contribution >= 0.6 is 0 Å². The predicted molar refractivity (Wildman–Crippen MR) is 72.7 cm³/mol. The molecule has 0 spiro atoms. The Balaban J connectivity index is 2.12. The van der Waals surface area contributed by atoms with E-state index in [9.17, 15) is 0 Å². The van der Waals surface area contributed by atoms with E-state index >= 15 is 0 Å². The summed E-state index contributed by atoms with van der Waals surface area (Å²) in [7, 11) is 0. The van der Waals surface area contributed by atoms with Gasteiger partial charge < -0.3 is 10.1 Å². The summed E-state index contributed by atoms with van der Waals surface area (Å²) in [6, 6.07) is 7.15. The SMILES string of the molecule is Cc1c(NC2CCOCC2)cccc1C(C)C. The fourth-order valence-corrected chi connectivity index (χ4v) is 2.50. The van der Waals surface area contributed by atoms with Crippen molar-refractivity contribution >= 4 is 5.69 Å². The molecule has 1 heterocycles. The maximum absolute atomic E-state index is 5.39. The van der Waals surface area contributed by atoms with Gasteiger partial charge in [0.1, 0.15) is 0 Å². The van der Waals surface area contributed by atoms with Crippen LogP contribution in [0.5, 0.6) is 0 Å². The van der Waals surface area contributed by atoms with Crippen LogP contribution in [-0.4, -0.2) is 19.3 Å². The van der Waals surface area contributed by atoms with E-state index in [4.69, 9.17) is 4.74 Å². The first kappa shape index (κ1) is 12.4. The standard InChI is InChI=1S/C15H23NO/c1-11(2)14-5-4-6-15(12(14)3)16-13-7-9-17-10-8-13/h4-6,11,13,16H,7-10H2,1-3H3. The summed E-state index contributed by atoms with van der Waals surface area (Å²) in [5.74, 6) is 0.589. The summed E-state index contributed by atoms with van der Waals surface area (Å²) >= 11 is 0. The lowest BCUT2D eigenvalue weighted by atomic mass is 9.96. The summed E-state index contributed by atoms with van der Waals surface area (Å²) in [4.78, 5) is 0. The average Bonchev–Trinajstić information content (AvgIpc) is 2.33. The largest absolute Gasteiger partial charge is 0.382 e. The fourth-order valence-electron chi connectivity index (χ4n) is 2.50. The molecular formula is C15H23NO. The Bertz CT molecular complexity index is 367. The molecule has 0 amide bonds. The smallest absolute Gasteiger partial charge is 0.0485 e. The monoisotopic (exact) mass is 233 g/mol. The number of benzene rings is 1. The molecular weight excluding hydrogens is 210 g/mol. The number of hydrogen-bond acceptors (Lipinski definition) is 2. The zero-order chi connectivity index (χ0) is 12.3. The van der Waals surface area contributed by atoms with Gasteiger partial charge in [-0.2, -0.15) is 0 Å². The van der Waals surface area contributed by atoms with Crippen molar-refractivity contribution < 1.29 is 4.74 Å². The van der Waals surface area contributed by atoms with E-state index in [2.05, 4.69) is 44.3 Å². The molecule has 1 aromatic rings. The van der Waals surface area contributed by atoms with Gasteiger partial charge in [0.2, 0.25) is 0 Å². The maximum atomic E-state index is 5.39. The number of rotatable bonds is 3. The van der Waals surface area contributed by atoms with E-state index in [1.165, 1.54) is 16.8 Å². The molecule has 2 rings (SSSR count). The van der Waals surface area contributed by atoms with E-state index in [1.54, 1.807) is 0 Å². The van der Waals surface area contributed by atoms with E-state index in [0.717, 1.165) is 26.1 Å². The van der Waals surface area contributed by atoms with Crippen LogP contribution in [-0.2, 0) is 4.74 Å². The van der Waals surface area contributed by atoms with E-state index < -0.39 is 0 Å². The van der Waals surface area contributed by atoms with Gasteiger partial charge in [0.05, 0.1) is 0 Å². The highest BCUT2D eigenvalue weighted by Gasteiger charge is 2.15. The molecule has 1 aliphatic rings. The highest BCUT2D eigenvalue weighted by molar-refractivity contribution is 5.55. The van der Waals surface area contributed by atoms with Gasteiger partial charge in [-0.15, -0.1) is 0 Å². The third-order valence-corrected chi connectivity index (χ3v) is 3.58. The lowest BCUT2D eigenvalue weighted by Gasteiger charge is -2.26. The van der Waals surface area contributed by atoms with Crippen LogP contribution < -0.4 is 5.32 Å². The van der Waals surface area contributed by atoms with Crippen molar-refractivity contribution in [1.82, 2.24) is 0 Å². The summed E-state index contributed by atoms with van der Waals surface area (Å²) in [6.07, 6.45) is 2.23. The van der Waals surface area contributed by atoms with Gasteiger partial charge in [-0.1, -0.05) is 26.0 Å². The van der Waals surface area contributed by atoms with Gasteiger partial charge in [0, 0.05) is 24.9 Å². The Labute approximate surface area is 104 Å². The Hall–Kier alpha value is -1.02. The quantitative estimate of drug-likeness (QED) is 0.859. The Morgan fingerprint density at radius 1 is 1.24 bits per heavy atom. The second-order valence-corrected chi connectivity index (χ2v) is 5.21. The van der Waals surface area contributed by atoms with Crippen molar-refractivity contribution in [1.29, 1.82) is 0 Å². The molecule has 0 aliphatic carbocycles. The second-order valence-electron chi connectivity index (χ2n) is 5.21.